The van der Waals surface area contributed by atoms with Crippen molar-refractivity contribution in [2.45, 2.75) is 23.2 Å². The lowest BCUT2D eigenvalue weighted by molar-refractivity contribution is 0.349. The second-order valence-corrected chi connectivity index (χ2v) is 15.7. The van der Waals surface area contributed by atoms with E-state index in [1.54, 1.807) is 0 Å². The lowest BCUT2D eigenvalue weighted by atomic mass is 9.76. The van der Waals surface area contributed by atoms with Gasteiger partial charge >= 0.3 is 8.25 Å². The molecule has 0 saturated heterocycles. The van der Waals surface area contributed by atoms with E-state index < -0.39 is 19.3 Å². The van der Waals surface area contributed by atoms with E-state index in [1.165, 1.54) is 12.5 Å². The highest BCUT2D eigenvalue weighted by molar-refractivity contribution is 7.33. The first-order valence-corrected chi connectivity index (χ1v) is 21.9. The molecule has 0 aliphatic heterocycles. The van der Waals surface area contributed by atoms with E-state index in [1.807, 2.05) is 84.9 Å². The fraction of sp³-hybridized carbons (Fsp3) is 0.0714. The Labute approximate surface area is 366 Å². The van der Waals surface area contributed by atoms with Crippen LogP contribution in [-0.4, -0.2) is 0 Å². The molecular weight excluding hydrogens is 780 g/mol. The predicted molar refractivity (Wildman–Crippen MR) is 251 cm³/mol. The Morgan fingerprint density at radius 3 is 0.774 bits per heavy atom. The first-order valence-electron chi connectivity index (χ1n) is 20.8. The highest BCUT2D eigenvalue weighted by Gasteiger charge is 2.39. The Balaban J connectivity index is 1.09. The molecule has 0 saturated carbocycles. The highest BCUT2D eigenvalue weighted by atomic mass is 31.1. The summed E-state index contributed by atoms with van der Waals surface area (Å²) in [6.45, 7) is 0. The van der Waals surface area contributed by atoms with E-state index in [-0.39, 0.29) is 12.1 Å². The number of nitrogens with one attached hydrogen (secondary N) is 2. The molecule has 0 bridgehead atoms. The Hall–Kier alpha value is -7.14. The van der Waals surface area contributed by atoms with Gasteiger partial charge in [0.25, 0.3) is 0 Å². The molecule has 0 spiro atoms. The van der Waals surface area contributed by atoms with E-state index in [4.69, 9.17) is 9.05 Å². The van der Waals surface area contributed by atoms with Crippen molar-refractivity contribution in [3.05, 3.63) is 312 Å². The first-order chi connectivity index (χ1) is 30.7. The van der Waals surface area contributed by atoms with E-state index in [0.717, 1.165) is 44.5 Å². The maximum absolute atomic E-state index is 13.5. The summed E-state index contributed by atoms with van der Waals surface area (Å²) in [4.78, 5) is 0. The number of rotatable bonds is 18. The average Bonchev–Trinajstić information content (AvgIpc) is 3.36. The van der Waals surface area contributed by atoms with E-state index in [0.29, 0.717) is 0 Å². The van der Waals surface area contributed by atoms with Crippen molar-refractivity contribution in [2.24, 2.45) is 0 Å². The first kappa shape index (κ1) is 41.6. The maximum atomic E-state index is 13.5. The third-order valence-corrected chi connectivity index (χ3v) is 11.7. The Bertz CT molecular complexity index is 2250. The largest absolute Gasteiger partial charge is 0.804 e. The summed E-state index contributed by atoms with van der Waals surface area (Å²) in [7, 11) is -2.59. The van der Waals surface area contributed by atoms with Crippen LogP contribution in [0.15, 0.2) is 267 Å². The SMILES string of the molecule is O=[P+](O/C=C/C(NC(c1ccccc1)(c1ccccc1)c1ccccc1)c1ccccc1)O/C=C/C(NC(c1ccccc1)(c1ccccc1)c1ccccc1)c1ccccc1. The van der Waals surface area contributed by atoms with Gasteiger partial charge in [0, 0.05) is 4.57 Å². The molecule has 0 radical (unpaired) electrons. The zero-order valence-electron chi connectivity index (χ0n) is 34.2. The molecule has 0 aliphatic rings. The van der Waals surface area contributed by atoms with Gasteiger partial charge in [-0.1, -0.05) is 243 Å². The van der Waals surface area contributed by atoms with Gasteiger partial charge in [-0.2, -0.15) is 0 Å². The zero-order valence-corrected chi connectivity index (χ0v) is 35.1. The summed E-state index contributed by atoms with van der Waals surface area (Å²) in [5.41, 5.74) is 6.93. The highest BCUT2D eigenvalue weighted by Crippen LogP contribution is 2.41. The molecule has 8 rings (SSSR count). The summed E-state index contributed by atoms with van der Waals surface area (Å²) >= 11 is 0. The molecule has 2 atom stereocenters. The van der Waals surface area contributed by atoms with Gasteiger partial charge in [-0.15, -0.1) is 0 Å². The van der Waals surface area contributed by atoms with Crippen molar-refractivity contribution in [1.29, 1.82) is 0 Å². The van der Waals surface area contributed by atoms with Gasteiger partial charge in [-0.3, -0.25) is 10.6 Å². The third kappa shape index (κ3) is 9.42. The Morgan fingerprint density at radius 1 is 0.339 bits per heavy atom. The molecule has 0 fully saturated rings. The summed E-state index contributed by atoms with van der Waals surface area (Å²) in [5, 5.41) is 8.04. The molecule has 2 N–H and O–H groups in total. The van der Waals surface area contributed by atoms with Crippen LogP contribution in [-0.2, 0) is 24.7 Å². The Kier molecular flexibility index (Phi) is 13.7. The Morgan fingerprint density at radius 2 is 0.548 bits per heavy atom. The van der Waals surface area contributed by atoms with Gasteiger partial charge in [0.15, 0.2) is 12.5 Å². The van der Waals surface area contributed by atoms with Crippen LogP contribution in [0.25, 0.3) is 0 Å². The third-order valence-electron chi connectivity index (χ3n) is 11.1. The molecule has 8 aromatic carbocycles. The normalized spacial score (nSPS) is 13.1. The fourth-order valence-electron chi connectivity index (χ4n) is 8.25. The van der Waals surface area contributed by atoms with Crippen LogP contribution < -0.4 is 10.6 Å². The van der Waals surface area contributed by atoms with Crippen LogP contribution in [0.5, 0.6) is 0 Å². The topological polar surface area (TPSA) is 59.6 Å². The minimum atomic E-state index is -2.59. The standard InChI is InChI=1S/C56H48N2O3P/c59-62(60-43-41-53(45-25-9-1-10-26-45)57-55(47-29-13-3-14-30-47,48-31-15-4-16-32-48)49-33-17-5-18-34-49)61-44-42-54(46-27-11-2-12-28-46)58-56(50-35-19-6-20-36-50,51-37-21-7-22-38-51)52-39-23-8-24-40-52/h1-44,53-54,57-58H/q+1/b43-41+,44-42+. The number of hydrogen-bond donors (Lipinski definition) is 2. The molecule has 0 aliphatic carbocycles. The summed E-state index contributed by atoms with van der Waals surface area (Å²) < 4.78 is 25.2. The molecule has 6 heteroatoms. The van der Waals surface area contributed by atoms with Crippen LogP contribution in [0.1, 0.15) is 56.6 Å². The molecule has 62 heavy (non-hydrogen) atoms. The lowest BCUT2D eigenvalue weighted by Crippen LogP contribution is -2.46. The van der Waals surface area contributed by atoms with Gasteiger partial charge in [0.2, 0.25) is 0 Å². The van der Waals surface area contributed by atoms with Crippen molar-refractivity contribution in [1.82, 2.24) is 10.6 Å². The van der Waals surface area contributed by atoms with Crippen LogP contribution in [0, 0.1) is 0 Å². The molecule has 304 valence electrons. The molecule has 0 amide bonds. The van der Waals surface area contributed by atoms with Gasteiger partial charge in [-0.25, -0.2) is 9.05 Å². The van der Waals surface area contributed by atoms with Crippen molar-refractivity contribution < 1.29 is 13.6 Å². The minimum Gasteiger partial charge on any atom is -0.289 e. The summed E-state index contributed by atoms with van der Waals surface area (Å²) in [6.07, 6.45) is 6.73. The second kappa shape index (κ2) is 20.4. The molecule has 2 unspecified atom stereocenters. The van der Waals surface area contributed by atoms with Crippen LogP contribution in [0.4, 0.5) is 0 Å². The summed E-state index contributed by atoms with van der Waals surface area (Å²) in [6, 6.07) is 82.3. The maximum Gasteiger partial charge on any atom is 0.804 e. The molecule has 0 heterocycles. The minimum absolute atomic E-state index is 0.371. The second-order valence-electron chi connectivity index (χ2n) is 14.9. The van der Waals surface area contributed by atoms with Crippen molar-refractivity contribution in [3.8, 4) is 0 Å². The van der Waals surface area contributed by atoms with Gasteiger partial charge < -0.3 is 0 Å². The van der Waals surface area contributed by atoms with Crippen LogP contribution in [0.3, 0.4) is 0 Å². The predicted octanol–water partition coefficient (Wildman–Crippen LogP) is 13.4. The van der Waals surface area contributed by atoms with E-state index in [9.17, 15) is 4.57 Å². The molecule has 5 nitrogen and oxygen atoms in total. The van der Waals surface area contributed by atoms with E-state index >= 15 is 0 Å². The number of benzene rings is 8. The zero-order chi connectivity index (χ0) is 42.3. The quantitative estimate of drug-likeness (QED) is 0.0513. The van der Waals surface area contributed by atoms with Crippen molar-refractivity contribution >= 4 is 8.25 Å². The smallest absolute Gasteiger partial charge is 0.289 e. The fourth-order valence-corrected chi connectivity index (χ4v) is 8.64. The van der Waals surface area contributed by atoms with Crippen molar-refractivity contribution in [2.75, 3.05) is 0 Å². The lowest BCUT2D eigenvalue weighted by Gasteiger charge is -2.39. The molecule has 0 aromatic heterocycles. The van der Waals surface area contributed by atoms with Gasteiger partial charge in [0.05, 0.1) is 23.2 Å². The van der Waals surface area contributed by atoms with Gasteiger partial charge in [-0.05, 0) is 56.7 Å². The molecule has 8 aromatic rings. The van der Waals surface area contributed by atoms with Crippen LogP contribution >= 0.6 is 8.25 Å². The van der Waals surface area contributed by atoms with E-state index in [2.05, 4.69) is 180 Å². The summed E-state index contributed by atoms with van der Waals surface area (Å²) in [5.74, 6) is 0. The van der Waals surface area contributed by atoms with Crippen molar-refractivity contribution in [3.63, 3.8) is 0 Å². The monoisotopic (exact) mass is 827 g/mol. The van der Waals surface area contributed by atoms with Crippen LogP contribution in [0.2, 0.25) is 0 Å². The molecular formula is C56H48N2O3P+. The average molecular weight is 828 g/mol. The van der Waals surface area contributed by atoms with Gasteiger partial charge in [0.1, 0.15) is 0 Å². The number of hydrogen-bond acceptors (Lipinski definition) is 5.